The molecule has 1 fully saturated rings. The van der Waals surface area contributed by atoms with Gasteiger partial charge in [0.2, 0.25) is 0 Å². The Kier molecular flexibility index (Phi) is 7.69. The van der Waals surface area contributed by atoms with Crippen LogP contribution in [0.2, 0.25) is 0 Å². The molecule has 0 amide bonds. The van der Waals surface area contributed by atoms with Crippen molar-refractivity contribution in [3.05, 3.63) is 83.7 Å². The van der Waals surface area contributed by atoms with Crippen molar-refractivity contribution >= 4 is 22.4 Å². The molecule has 1 saturated heterocycles. The second-order valence-electron chi connectivity index (χ2n) is 13.1. The molecule has 1 N–H and O–H groups in total. The van der Waals surface area contributed by atoms with Crippen molar-refractivity contribution in [2.24, 2.45) is 5.41 Å². The Morgan fingerprint density at radius 2 is 1.51 bits per heavy atom. The number of benzene rings is 3. The van der Waals surface area contributed by atoms with Crippen LogP contribution in [0, 0.1) is 19.3 Å². The van der Waals surface area contributed by atoms with Crippen molar-refractivity contribution in [2.45, 2.75) is 73.0 Å². The number of ether oxygens (including phenoxy) is 1. The number of hydrogen-bond acceptors (Lipinski definition) is 4. The molecule has 0 unspecified atom stereocenters. The van der Waals surface area contributed by atoms with Crippen LogP contribution in [0.3, 0.4) is 0 Å². The Hall–Kier alpha value is -3.70. The summed E-state index contributed by atoms with van der Waals surface area (Å²) in [5, 5.41) is 12.9. The molecule has 0 radical (unpaired) electrons. The van der Waals surface area contributed by atoms with E-state index in [0.717, 1.165) is 54.0 Å². The van der Waals surface area contributed by atoms with E-state index in [4.69, 9.17) is 9.72 Å². The number of rotatable bonds is 6. The highest BCUT2D eigenvalue weighted by Crippen LogP contribution is 2.45. The van der Waals surface area contributed by atoms with E-state index in [2.05, 4.69) is 85.5 Å². The summed E-state index contributed by atoms with van der Waals surface area (Å²) in [6.45, 7) is 16.0. The lowest BCUT2D eigenvalue weighted by Crippen LogP contribution is -2.39. The first kappa shape index (κ1) is 28.8. The quantitative estimate of drug-likeness (QED) is 0.260. The Balaban J connectivity index is 1.68. The molecule has 0 spiro atoms. The summed E-state index contributed by atoms with van der Waals surface area (Å²) in [7, 11) is 0. The van der Waals surface area contributed by atoms with E-state index < -0.39 is 17.7 Å². The average molecular weight is 551 g/mol. The summed E-state index contributed by atoms with van der Waals surface area (Å²) < 4.78 is 6.22. The lowest BCUT2D eigenvalue weighted by Gasteiger charge is -2.41. The van der Waals surface area contributed by atoms with Gasteiger partial charge in [-0.05, 0) is 80.3 Å². The van der Waals surface area contributed by atoms with E-state index in [-0.39, 0.29) is 5.41 Å². The second-order valence-corrected chi connectivity index (χ2v) is 13.1. The van der Waals surface area contributed by atoms with E-state index in [1.165, 1.54) is 16.3 Å². The fourth-order valence-corrected chi connectivity index (χ4v) is 6.05. The van der Waals surface area contributed by atoms with Gasteiger partial charge in [-0.1, -0.05) is 80.6 Å². The van der Waals surface area contributed by atoms with Gasteiger partial charge >= 0.3 is 5.97 Å². The minimum Gasteiger partial charge on any atom is -0.479 e. The lowest BCUT2D eigenvalue weighted by molar-refractivity contribution is -0.160. The summed E-state index contributed by atoms with van der Waals surface area (Å²) in [6, 6.07) is 23.5. The highest BCUT2D eigenvalue weighted by Gasteiger charge is 2.36. The molecule has 1 atom stereocenters. The Morgan fingerprint density at radius 3 is 2.15 bits per heavy atom. The molecule has 0 aliphatic carbocycles. The third-order valence-electron chi connectivity index (χ3n) is 8.24. The van der Waals surface area contributed by atoms with E-state index >= 15 is 0 Å². The average Bonchev–Trinajstić information content (AvgIpc) is 2.91. The van der Waals surface area contributed by atoms with Gasteiger partial charge in [0.05, 0.1) is 11.3 Å². The second kappa shape index (κ2) is 10.9. The maximum Gasteiger partial charge on any atom is 0.337 e. The van der Waals surface area contributed by atoms with Gasteiger partial charge in [-0.25, -0.2) is 4.79 Å². The molecule has 0 bridgehead atoms. The number of anilines is 1. The van der Waals surface area contributed by atoms with Gasteiger partial charge in [0.1, 0.15) is 0 Å². The van der Waals surface area contributed by atoms with Gasteiger partial charge in [0.15, 0.2) is 6.10 Å². The number of pyridine rings is 1. The number of aromatic nitrogens is 1. The minimum absolute atomic E-state index is 0.252. The number of hydrogen-bond donors (Lipinski definition) is 1. The van der Waals surface area contributed by atoms with Crippen LogP contribution in [0.5, 0.6) is 0 Å². The molecule has 1 aromatic heterocycles. The van der Waals surface area contributed by atoms with Crippen molar-refractivity contribution in [1.29, 1.82) is 0 Å². The van der Waals surface area contributed by atoms with Gasteiger partial charge in [0.25, 0.3) is 0 Å². The molecule has 2 heterocycles. The summed E-state index contributed by atoms with van der Waals surface area (Å²) in [6.07, 6.45) is 0.940. The summed E-state index contributed by atoms with van der Waals surface area (Å²) in [5.74, 6) is -0.996. The van der Waals surface area contributed by atoms with Gasteiger partial charge in [-0.15, -0.1) is 0 Å². The zero-order chi connectivity index (χ0) is 29.5. The zero-order valence-corrected chi connectivity index (χ0v) is 25.4. The largest absolute Gasteiger partial charge is 0.479 e. The fourth-order valence-electron chi connectivity index (χ4n) is 6.05. The molecule has 214 valence electrons. The first-order valence-electron chi connectivity index (χ1n) is 14.6. The van der Waals surface area contributed by atoms with Gasteiger partial charge in [0, 0.05) is 35.6 Å². The molecular weight excluding hydrogens is 508 g/mol. The van der Waals surface area contributed by atoms with Crippen molar-refractivity contribution in [3.63, 3.8) is 0 Å². The van der Waals surface area contributed by atoms with E-state index in [1.807, 2.05) is 34.6 Å². The van der Waals surface area contributed by atoms with Crippen LogP contribution in [0.25, 0.3) is 33.0 Å². The molecular formula is C36H42N2O3. The number of aliphatic carboxylic acids is 1. The van der Waals surface area contributed by atoms with E-state index in [9.17, 15) is 9.90 Å². The minimum atomic E-state index is -1.12. The maximum atomic E-state index is 12.7. The number of nitrogens with zero attached hydrogens (tertiary/aromatic N) is 2. The Bertz CT molecular complexity index is 1570. The highest BCUT2D eigenvalue weighted by molar-refractivity contribution is 5.97. The number of carboxylic acid groups (broad SMARTS) is 1. The standard InChI is InChI=1S/C36H42N2O3/c1-23-30(27-17-15-26(16-18-27)29-14-10-12-25-11-8-9-13-28(25)29)32(38-21-19-36(6,7)20-22-38)31(24(2)37-23)33(34(39)40)41-35(3,4)5/h8-18,33H,19-22H2,1-7H3,(H,39,40)/t33-/m0/s1. The van der Waals surface area contributed by atoms with Crippen LogP contribution >= 0.6 is 0 Å². The molecule has 5 rings (SSSR count). The Labute approximate surface area is 244 Å². The topological polar surface area (TPSA) is 62.7 Å². The van der Waals surface area contributed by atoms with Crippen LogP contribution < -0.4 is 4.90 Å². The molecule has 41 heavy (non-hydrogen) atoms. The van der Waals surface area contributed by atoms with Crippen molar-refractivity contribution < 1.29 is 14.6 Å². The molecule has 3 aromatic carbocycles. The normalized spacial score (nSPS) is 16.1. The van der Waals surface area contributed by atoms with Crippen molar-refractivity contribution in [1.82, 2.24) is 4.98 Å². The van der Waals surface area contributed by atoms with Crippen LogP contribution in [0.4, 0.5) is 5.69 Å². The summed E-state index contributed by atoms with van der Waals surface area (Å²) >= 11 is 0. The van der Waals surface area contributed by atoms with Crippen LogP contribution in [0.15, 0.2) is 66.7 Å². The van der Waals surface area contributed by atoms with Crippen molar-refractivity contribution in [2.75, 3.05) is 18.0 Å². The number of piperidine rings is 1. The first-order chi connectivity index (χ1) is 19.3. The van der Waals surface area contributed by atoms with Gasteiger partial charge in [-0.2, -0.15) is 0 Å². The van der Waals surface area contributed by atoms with Crippen LogP contribution in [-0.4, -0.2) is 34.8 Å². The fraction of sp³-hybridized carbons (Fsp3) is 0.389. The summed E-state index contributed by atoms with van der Waals surface area (Å²) in [5.41, 5.74) is 7.16. The molecule has 0 saturated carbocycles. The number of carboxylic acids is 1. The molecule has 5 nitrogen and oxygen atoms in total. The smallest absolute Gasteiger partial charge is 0.337 e. The third kappa shape index (κ3) is 6.01. The molecule has 1 aliphatic rings. The van der Waals surface area contributed by atoms with E-state index in [1.54, 1.807) is 0 Å². The molecule has 5 heteroatoms. The molecule has 1 aliphatic heterocycles. The number of aryl methyl sites for hydroxylation is 2. The van der Waals surface area contributed by atoms with Gasteiger partial charge < -0.3 is 14.7 Å². The molecule has 4 aromatic rings. The maximum absolute atomic E-state index is 12.7. The lowest BCUT2D eigenvalue weighted by atomic mass is 9.81. The zero-order valence-electron chi connectivity index (χ0n) is 25.4. The highest BCUT2D eigenvalue weighted by atomic mass is 16.5. The Morgan fingerprint density at radius 1 is 0.902 bits per heavy atom. The monoisotopic (exact) mass is 550 g/mol. The van der Waals surface area contributed by atoms with Crippen LogP contribution in [-0.2, 0) is 9.53 Å². The summed E-state index contributed by atoms with van der Waals surface area (Å²) in [4.78, 5) is 20.0. The first-order valence-corrected chi connectivity index (χ1v) is 14.6. The van der Waals surface area contributed by atoms with Crippen molar-refractivity contribution in [3.8, 4) is 22.3 Å². The number of carbonyl (C=O) groups is 1. The SMILES string of the molecule is Cc1nc(C)c([C@H](OC(C)(C)C)C(=O)O)c(N2CCC(C)(C)CC2)c1-c1ccc(-c2cccc3ccccc23)cc1. The number of fused-ring (bicyclic) bond motifs is 1. The van der Waals surface area contributed by atoms with Crippen LogP contribution in [0.1, 0.15) is 70.5 Å². The predicted molar refractivity (Wildman–Crippen MR) is 169 cm³/mol. The van der Waals surface area contributed by atoms with E-state index in [0.29, 0.717) is 11.3 Å². The predicted octanol–water partition coefficient (Wildman–Crippen LogP) is 8.75. The van der Waals surface area contributed by atoms with Gasteiger partial charge in [-0.3, -0.25) is 4.98 Å². The third-order valence-corrected chi connectivity index (χ3v) is 8.24.